The van der Waals surface area contributed by atoms with Gasteiger partial charge < -0.3 is 10.1 Å². The van der Waals surface area contributed by atoms with Crippen molar-refractivity contribution in [3.8, 4) is 17.7 Å². The molecule has 0 spiro atoms. The maximum atomic E-state index is 13.1. The molecule has 9 heteroatoms. The molecule has 1 aliphatic heterocycles. The molecule has 5 rings (SSSR count). The second-order valence-electron chi connectivity index (χ2n) is 7.81. The van der Waals surface area contributed by atoms with Gasteiger partial charge in [0.15, 0.2) is 0 Å². The van der Waals surface area contributed by atoms with Crippen molar-refractivity contribution in [2.75, 3.05) is 18.1 Å². The fourth-order valence-electron chi connectivity index (χ4n) is 3.44. The first-order chi connectivity index (χ1) is 15.6. The van der Waals surface area contributed by atoms with Crippen molar-refractivity contribution in [3.05, 3.63) is 65.6 Å². The zero-order valence-corrected chi connectivity index (χ0v) is 17.5. The van der Waals surface area contributed by atoms with Gasteiger partial charge in [0.25, 0.3) is 0 Å². The summed E-state index contributed by atoms with van der Waals surface area (Å²) < 4.78 is 20.7. The molecule has 162 valence electrons. The van der Waals surface area contributed by atoms with E-state index in [1.54, 1.807) is 36.4 Å². The van der Waals surface area contributed by atoms with Gasteiger partial charge in [-0.3, -0.25) is 14.6 Å². The standard InChI is InChI=1S/C23H21FN6O2/c1-15(20-7-4-18(24)13-25-20)28-23(31)29-8-9-32-22-21(29)10-16(11-26-22)2-3-17-12-27-30(14-17)19-5-6-19/h4,7,10-15,19H,5-6,8-9H2,1H3,(H,28,31)/t15-/m0/s1. The molecule has 3 aromatic heterocycles. The molecule has 32 heavy (non-hydrogen) atoms. The molecule has 3 aromatic rings. The van der Waals surface area contributed by atoms with E-state index in [4.69, 9.17) is 4.74 Å². The first-order valence-corrected chi connectivity index (χ1v) is 10.5. The van der Waals surface area contributed by atoms with E-state index in [1.807, 2.05) is 10.9 Å². The maximum absolute atomic E-state index is 13.1. The number of hydrogen-bond acceptors (Lipinski definition) is 5. The van der Waals surface area contributed by atoms with Crippen molar-refractivity contribution in [1.29, 1.82) is 0 Å². The van der Waals surface area contributed by atoms with Gasteiger partial charge in [-0.2, -0.15) is 5.10 Å². The highest BCUT2D eigenvalue weighted by molar-refractivity contribution is 5.94. The Hall–Kier alpha value is -3.93. The normalized spacial score (nSPS) is 15.8. The number of nitrogens with one attached hydrogen (secondary N) is 1. The van der Waals surface area contributed by atoms with Gasteiger partial charge in [-0.1, -0.05) is 11.8 Å². The number of aromatic nitrogens is 4. The molecule has 0 saturated heterocycles. The van der Waals surface area contributed by atoms with Crippen LogP contribution in [0, 0.1) is 17.7 Å². The Morgan fingerprint density at radius 1 is 1.22 bits per heavy atom. The van der Waals surface area contributed by atoms with Crippen molar-refractivity contribution in [2.24, 2.45) is 0 Å². The van der Waals surface area contributed by atoms with Gasteiger partial charge >= 0.3 is 6.03 Å². The lowest BCUT2D eigenvalue weighted by Gasteiger charge is -2.29. The summed E-state index contributed by atoms with van der Waals surface area (Å²) in [4.78, 5) is 22.9. The molecule has 0 aromatic carbocycles. The molecule has 4 heterocycles. The minimum Gasteiger partial charge on any atom is -0.474 e. The van der Waals surface area contributed by atoms with E-state index in [0.717, 1.165) is 24.6 Å². The molecule has 0 unspecified atom stereocenters. The number of nitrogens with zero attached hydrogens (tertiary/aromatic N) is 5. The second-order valence-corrected chi connectivity index (χ2v) is 7.81. The Labute approximate surface area is 184 Å². The van der Waals surface area contributed by atoms with Crippen molar-refractivity contribution in [3.63, 3.8) is 0 Å². The Bertz CT molecular complexity index is 1210. The fraction of sp³-hybridized carbons (Fsp3) is 0.304. The monoisotopic (exact) mass is 432 g/mol. The summed E-state index contributed by atoms with van der Waals surface area (Å²) in [7, 11) is 0. The number of carbonyl (C=O) groups excluding carboxylic acids is 1. The van der Waals surface area contributed by atoms with Crippen LogP contribution in [0.5, 0.6) is 5.88 Å². The van der Waals surface area contributed by atoms with Crippen molar-refractivity contribution in [1.82, 2.24) is 25.1 Å². The second kappa shape index (κ2) is 8.30. The van der Waals surface area contributed by atoms with Crippen LogP contribution in [0.3, 0.4) is 0 Å². The van der Waals surface area contributed by atoms with Crippen LogP contribution >= 0.6 is 0 Å². The number of urea groups is 1. The SMILES string of the molecule is C[C@H](NC(=O)N1CCOc2ncc(C#Cc3cnn(C4CC4)c3)cc21)c1ccc(F)cn1. The number of amides is 2. The van der Waals surface area contributed by atoms with Crippen LogP contribution in [-0.2, 0) is 0 Å². The predicted octanol–water partition coefficient (Wildman–Crippen LogP) is 3.22. The largest absolute Gasteiger partial charge is 0.474 e. The number of halogens is 1. The quantitative estimate of drug-likeness (QED) is 0.643. The van der Waals surface area contributed by atoms with Gasteiger partial charge in [-0.15, -0.1) is 0 Å². The number of pyridine rings is 2. The Morgan fingerprint density at radius 3 is 2.84 bits per heavy atom. The van der Waals surface area contributed by atoms with E-state index < -0.39 is 11.9 Å². The van der Waals surface area contributed by atoms with Crippen LogP contribution < -0.4 is 15.0 Å². The van der Waals surface area contributed by atoms with Gasteiger partial charge in [0.1, 0.15) is 18.1 Å². The highest BCUT2D eigenvalue weighted by Gasteiger charge is 2.27. The van der Waals surface area contributed by atoms with Crippen LogP contribution in [0.4, 0.5) is 14.9 Å². The summed E-state index contributed by atoms with van der Waals surface area (Å²) in [5, 5.41) is 7.24. The minimum atomic E-state index is -0.422. The van der Waals surface area contributed by atoms with E-state index in [1.165, 1.54) is 6.07 Å². The first kappa shape index (κ1) is 20.0. The number of ether oxygens (including phenoxy) is 1. The van der Waals surface area contributed by atoms with Gasteiger partial charge in [-0.25, -0.2) is 14.2 Å². The highest BCUT2D eigenvalue weighted by atomic mass is 19.1. The molecule has 1 atom stereocenters. The smallest absolute Gasteiger partial charge is 0.322 e. The molecule has 2 amide bonds. The fourth-order valence-corrected chi connectivity index (χ4v) is 3.44. The van der Waals surface area contributed by atoms with Crippen LogP contribution in [0.2, 0.25) is 0 Å². The molecule has 8 nitrogen and oxygen atoms in total. The average Bonchev–Trinajstić information content (AvgIpc) is 3.55. The van der Waals surface area contributed by atoms with E-state index in [9.17, 15) is 9.18 Å². The third kappa shape index (κ3) is 4.25. The van der Waals surface area contributed by atoms with Gasteiger partial charge in [-0.05, 0) is 38.0 Å². The van der Waals surface area contributed by atoms with Crippen molar-refractivity contribution >= 4 is 11.7 Å². The number of hydrogen-bond donors (Lipinski definition) is 1. The maximum Gasteiger partial charge on any atom is 0.322 e. The molecule has 0 bridgehead atoms. The third-order valence-corrected chi connectivity index (χ3v) is 5.33. The summed E-state index contributed by atoms with van der Waals surface area (Å²) in [6, 6.07) is 4.46. The Kier molecular flexibility index (Phi) is 5.19. The van der Waals surface area contributed by atoms with Crippen molar-refractivity contribution < 1.29 is 13.9 Å². The molecule has 1 N–H and O–H groups in total. The van der Waals surface area contributed by atoms with E-state index in [0.29, 0.717) is 42.0 Å². The third-order valence-electron chi connectivity index (χ3n) is 5.33. The number of anilines is 1. The lowest BCUT2D eigenvalue weighted by molar-refractivity contribution is 0.235. The number of rotatable bonds is 3. The van der Waals surface area contributed by atoms with Crippen LogP contribution in [0.15, 0.2) is 43.0 Å². The summed E-state index contributed by atoms with van der Waals surface area (Å²) in [5.74, 6) is 6.15. The molecular weight excluding hydrogens is 411 g/mol. The van der Waals surface area contributed by atoms with E-state index in [2.05, 4.69) is 32.2 Å². The lowest BCUT2D eigenvalue weighted by Crippen LogP contribution is -2.45. The van der Waals surface area contributed by atoms with Crippen molar-refractivity contribution in [2.45, 2.75) is 31.8 Å². The summed E-state index contributed by atoms with van der Waals surface area (Å²) >= 11 is 0. The zero-order chi connectivity index (χ0) is 22.1. The summed E-state index contributed by atoms with van der Waals surface area (Å²) in [6.07, 6.45) is 8.79. The van der Waals surface area contributed by atoms with Crippen LogP contribution in [-0.4, -0.2) is 38.9 Å². The highest BCUT2D eigenvalue weighted by Crippen LogP contribution is 2.34. The molecule has 1 aliphatic carbocycles. The molecule has 1 saturated carbocycles. The zero-order valence-electron chi connectivity index (χ0n) is 17.5. The molecular formula is C23H21FN6O2. The number of carbonyl (C=O) groups is 1. The molecule has 0 radical (unpaired) electrons. The lowest BCUT2D eigenvalue weighted by atomic mass is 10.2. The molecule has 1 fully saturated rings. The van der Waals surface area contributed by atoms with Gasteiger partial charge in [0, 0.05) is 18.0 Å². The van der Waals surface area contributed by atoms with Crippen LogP contribution in [0.1, 0.15) is 48.7 Å². The first-order valence-electron chi connectivity index (χ1n) is 10.5. The Morgan fingerprint density at radius 2 is 2.06 bits per heavy atom. The van der Waals surface area contributed by atoms with E-state index in [-0.39, 0.29) is 6.03 Å². The summed E-state index contributed by atoms with van der Waals surface area (Å²) in [6.45, 7) is 2.50. The van der Waals surface area contributed by atoms with E-state index >= 15 is 0 Å². The topological polar surface area (TPSA) is 85.2 Å². The Balaban J connectivity index is 1.33. The van der Waals surface area contributed by atoms with Gasteiger partial charge in [0.2, 0.25) is 5.88 Å². The minimum absolute atomic E-state index is 0.314. The summed E-state index contributed by atoms with van der Waals surface area (Å²) in [5.41, 5.74) is 2.62. The number of fused-ring (bicyclic) bond motifs is 1. The average molecular weight is 432 g/mol. The van der Waals surface area contributed by atoms with Gasteiger partial charge in [0.05, 0.1) is 42.3 Å². The van der Waals surface area contributed by atoms with Crippen LogP contribution in [0.25, 0.3) is 0 Å². The predicted molar refractivity (Wildman–Crippen MR) is 115 cm³/mol. The molecule has 2 aliphatic rings.